The first-order chi connectivity index (χ1) is 2.81. The van der Waals surface area contributed by atoms with Crippen molar-refractivity contribution in [2.24, 2.45) is 4.36 Å². The quantitative estimate of drug-likeness (QED) is 0.516. The molecule has 0 heterocycles. The van der Waals surface area contributed by atoms with Crippen LogP contribution in [0.2, 0.25) is 0 Å². The van der Waals surface area contributed by atoms with E-state index in [1.165, 1.54) is 0 Å². The maximum Gasteiger partial charge on any atom is 0.0600 e. The van der Waals surface area contributed by atoms with Crippen LogP contribution in [-0.4, -0.2) is 6.04 Å². The lowest BCUT2D eigenvalue weighted by Gasteiger charge is -1.91. The molecule has 0 aliphatic heterocycles. The molecule has 2 heteroatoms. The maximum absolute atomic E-state index is 4.40. The van der Waals surface area contributed by atoms with Gasteiger partial charge in [0.1, 0.15) is 0 Å². The van der Waals surface area contributed by atoms with Crippen LogP contribution in [0.4, 0.5) is 0 Å². The molecule has 0 saturated carbocycles. The summed E-state index contributed by atoms with van der Waals surface area (Å²) >= 11 is 4.40. The Morgan fingerprint density at radius 2 is 2.33 bits per heavy atom. The molecule has 0 bridgehead atoms. The highest BCUT2D eigenvalue weighted by Gasteiger charge is 1.87. The summed E-state index contributed by atoms with van der Waals surface area (Å²) in [5.74, 6) is 0. The fourth-order valence-electron chi connectivity index (χ4n) is 0.0745. The number of nitrogens with zero attached hydrogens (tertiary/aromatic N) is 1. The van der Waals surface area contributed by atoms with Gasteiger partial charge in [0.25, 0.3) is 0 Å². The second kappa shape index (κ2) is 3.22. The second-order valence-corrected chi connectivity index (χ2v) is 1.57. The van der Waals surface area contributed by atoms with Crippen molar-refractivity contribution in [3.05, 3.63) is 0 Å². The Morgan fingerprint density at radius 1 is 1.83 bits per heavy atom. The van der Waals surface area contributed by atoms with Crippen LogP contribution >= 0.6 is 0 Å². The van der Waals surface area contributed by atoms with Gasteiger partial charge in [0.2, 0.25) is 0 Å². The summed E-state index contributed by atoms with van der Waals surface area (Å²) < 4.78 is 3.59. The Hall–Kier alpha value is 0.0200. The molecule has 1 unspecified atom stereocenters. The molecule has 0 radical (unpaired) electrons. The Kier molecular flexibility index (Phi) is 3.23. The van der Waals surface area contributed by atoms with Gasteiger partial charge in [-0.05, 0) is 13.3 Å². The zero-order valence-electron chi connectivity index (χ0n) is 4.14. The van der Waals surface area contributed by atoms with Crippen molar-refractivity contribution in [1.82, 2.24) is 0 Å². The molecule has 0 fully saturated rings. The number of hydrogen-bond donors (Lipinski definition) is 0. The first-order valence-electron chi connectivity index (χ1n) is 2.13. The monoisotopic (exact) mass is 103 g/mol. The molecule has 0 amide bonds. The fraction of sp³-hybridized carbons (Fsp3) is 1.00. The van der Waals surface area contributed by atoms with Crippen LogP contribution in [0.15, 0.2) is 4.36 Å². The molecule has 0 aliphatic carbocycles. The van der Waals surface area contributed by atoms with Crippen LogP contribution in [0, 0.1) is 0 Å². The molecular formula is C4H9NS. The van der Waals surface area contributed by atoms with Crippen LogP contribution in [0.5, 0.6) is 0 Å². The van der Waals surface area contributed by atoms with E-state index < -0.39 is 0 Å². The summed E-state index contributed by atoms with van der Waals surface area (Å²) in [6, 6.07) is 0.375. The Morgan fingerprint density at radius 3 is 2.33 bits per heavy atom. The summed E-state index contributed by atoms with van der Waals surface area (Å²) in [6.07, 6.45) is 1.06. The van der Waals surface area contributed by atoms with E-state index >= 15 is 0 Å². The summed E-state index contributed by atoms with van der Waals surface area (Å²) in [4.78, 5) is 0. The average molecular weight is 103 g/mol. The van der Waals surface area contributed by atoms with E-state index in [0.29, 0.717) is 6.04 Å². The smallest absolute Gasteiger partial charge is 0.0600 e. The highest BCUT2D eigenvalue weighted by Crippen LogP contribution is 1.90. The van der Waals surface area contributed by atoms with Gasteiger partial charge in [0.15, 0.2) is 0 Å². The second-order valence-electron chi connectivity index (χ2n) is 1.36. The lowest BCUT2D eigenvalue weighted by Crippen LogP contribution is -1.89. The summed E-state index contributed by atoms with van der Waals surface area (Å²) in [5, 5.41) is 0. The first-order valence-corrected chi connectivity index (χ1v) is 2.50. The van der Waals surface area contributed by atoms with E-state index in [1.807, 2.05) is 6.92 Å². The van der Waals surface area contributed by atoms with Crippen molar-refractivity contribution in [3.8, 4) is 0 Å². The van der Waals surface area contributed by atoms with Crippen molar-refractivity contribution in [2.75, 3.05) is 0 Å². The van der Waals surface area contributed by atoms with Gasteiger partial charge in [0, 0.05) is 12.4 Å². The lowest BCUT2D eigenvalue weighted by atomic mass is 10.3. The lowest BCUT2D eigenvalue weighted by molar-refractivity contribution is 0.728. The molecule has 36 valence electrons. The summed E-state index contributed by atoms with van der Waals surface area (Å²) in [5.41, 5.74) is 0. The number of rotatable bonds is 2. The van der Waals surface area contributed by atoms with E-state index in [4.69, 9.17) is 0 Å². The molecule has 0 rings (SSSR count). The minimum absolute atomic E-state index is 0.375. The van der Waals surface area contributed by atoms with Gasteiger partial charge in [-0.2, -0.15) is 0 Å². The van der Waals surface area contributed by atoms with Crippen LogP contribution in [-0.2, 0) is 12.4 Å². The first kappa shape index (κ1) is 6.02. The van der Waals surface area contributed by atoms with Gasteiger partial charge in [0.05, 0.1) is 6.04 Å². The highest BCUT2D eigenvalue weighted by molar-refractivity contribution is 7.47. The third kappa shape index (κ3) is 2.27. The Bertz CT molecular complexity index is 44.8. The van der Waals surface area contributed by atoms with Crippen molar-refractivity contribution in [2.45, 2.75) is 26.3 Å². The standard InChI is InChI=1S/C4H9NS/c1-3-4(2)5-6/h4H,3H2,1-2H3. The molecule has 0 aromatic heterocycles. The summed E-state index contributed by atoms with van der Waals surface area (Å²) in [7, 11) is 0. The third-order valence-corrected chi connectivity index (χ3v) is 1.13. The van der Waals surface area contributed by atoms with Crippen LogP contribution in [0.25, 0.3) is 0 Å². The minimum Gasteiger partial charge on any atom is -0.216 e. The van der Waals surface area contributed by atoms with E-state index in [9.17, 15) is 0 Å². The van der Waals surface area contributed by atoms with E-state index in [1.54, 1.807) is 0 Å². The van der Waals surface area contributed by atoms with Crippen molar-refractivity contribution in [1.29, 1.82) is 0 Å². The van der Waals surface area contributed by atoms with Gasteiger partial charge in [-0.3, -0.25) is 0 Å². The molecule has 0 aliphatic rings. The van der Waals surface area contributed by atoms with Crippen LogP contribution < -0.4 is 0 Å². The molecule has 1 nitrogen and oxygen atoms in total. The molecule has 0 saturated heterocycles. The van der Waals surface area contributed by atoms with E-state index in [0.717, 1.165) is 6.42 Å². The molecule has 0 N–H and O–H groups in total. The van der Waals surface area contributed by atoms with Crippen LogP contribution in [0.1, 0.15) is 20.3 Å². The third-order valence-electron chi connectivity index (χ3n) is 0.771. The molecule has 6 heavy (non-hydrogen) atoms. The minimum atomic E-state index is 0.375. The van der Waals surface area contributed by atoms with E-state index in [2.05, 4.69) is 23.7 Å². The molecule has 0 aromatic carbocycles. The molecular weight excluding hydrogens is 94.1 g/mol. The molecule has 0 aromatic rings. The van der Waals surface area contributed by atoms with Crippen molar-refractivity contribution >= 4 is 12.4 Å². The normalized spacial score (nSPS) is 13.7. The molecule has 0 spiro atoms. The zero-order chi connectivity index (χ0) is 4.99. The fourth-order valence-corrected chi connectivity index (χ4v) is 0.224. The molecule has 1 atom stereocenters. The Balaban J connectivity index is 2.96. The van der Waals surface area contributed by atoms with Crippen molar-refractivity contribution in [3.63, 3.8) is 0 Å². The average Bonchev–Trinajstić information content (AvgIpc) is 1.65. The van der Waals surface area contributed by atoms with Gasteiger partial charge in [-0.15, -0.1) is 0 Å². The Labute approximate surface area is 43.9 Å². The maximum atomic E-state index is 4.40. The zero-order valence-corrected chi connectivity index (χ0v) is 4.96. The highest BCUT2D eigenvalue weighted by atomic mass is 32.1. The number of hydrogen-bond acceptors (Lipinski definition) is 2. The predicted octanol–water partition coefficient (Wildman–Crippen LogP) is 1.52. The van der Waals surface area contributed by atoms with Gasteiger partial charge >= 0.3 is 0 Å². The van der Waals surface area contributed by atoms with Crippen molar-refractivity contribution < 1.29 is 0 Å². The van der Waals surface area contributed by atoms with E-state index in [-0.39, 0.29) is 0 Å². The van der Waals surface area contributed by atoms with Gasteiger partial charge in [-0.1, -0.05) is 6.92 Å². The topological polar surface area (TPSA) is 12.4 Å². The summed E-state index contributed by atoms with van der Waals surface area (Å²) in [6.45, 7) is 4.08. The van der Waals surface area contributed by atoms with Gasteiger partial charge in [-0.25, -0.2) is 4.36 Å². The van der Waals surface area contributed by atoms with Crippen LogP contribution in [0.3, 0.4) is 0 Å². The largest absolute Gasteiger partial charge is 0.216 e. The predicted molar refractivity (Wildman–Crippen MR) is 29.5 cm³/mol. The SMILES string of the molecule is CCC(C)N=S. The van der Waals surface area contributed by atoms with Gasteiger partial charge < -0.3 is 0 Å².